The summed E-state index contributed by atoms with van der Waals surface area (Å²) in [6.45, 7) is 2.58. The van der Waals surface area contributed by atoms with Crippen molar-refractivity contribution in [1.29, 1.82) is 0 Å². The van der Waals surface area contributed by atoms with Gasteiger partial charge in [-0.25, -0.2) is 4.98 Å². The van der Waals surface area contributed by atoms with Crippen molar-refractivity contribution in [2.75, 3.05) is 11.9 Å². The maximum Gasteiger partial charge on any atom is 0.255 e. The number of aromatic nitrogens is 2. The predicted molar refractivity (Wildman–Crippen MR) is 119 cm³/mol. The van der Waals surface area contributed by atoms with Crippen LogP contribution in [0.5, 0.6) is 11.5 Å². The van der Waals surface area contributed by atoms with Crippen molar-refractivity contribution in [3.05, 3.63) is 89.9 Å². The van der Waals surface area contributed by atoms with Gasteiger partial charge in [-0.2, -0.15) is 0 Å². The molecule has 0 atom stereocenters. The van der Waals surface area contributed by atoms with Crippen LogP contribution in [0.4, 0.5) is 5.69 Å². The number of imidazole rings is 1. The Balaban J connectivity index is 1.34. The fraction of sp³-hybridized carbons (Fsp3) is 0.120. The first-order valence-electron chi connectivity index (χ1n) is 9.76. The van der Waals surface area contributed by atoms with Gasteiger partial charge >= 0.3 is 0 Å². The molecule has 2 aromatic heterocycles. The van der Waals surface area contributed by atoms with E-state index in [2.05, 4.69) is 16.2 Å². The van der Waals surface area contributed by atoms with E-state index in [-0.39, 0.29) is 12.5 Å². The number of terminal acetylenes is 1. The quantitative estimate of drug-likeness (QED) is 0.455. The molecule has 0 bridgehead atoms. The van der Waals surface area contributed by atoms with Crippen LogP contribution in [0.1, 0.15) is 21.6 Å². The Morgan fingerprint density at radius 2 is 1.77 bits per heavy atom. The molecule has 0 radical (unpaired) electrons. The Bertz CT molecular complexity index is 1240. The van der Waals surface area contributed by atoms with Crippen LogP contribution >= 0.6 is 0 Å². The number of carbonyl (C=O) groups excluding carboxylic acids is 1. The molecule has 6 heteroatoms. The van der Waals surface area contributed by atoms with Gasteiger partial charge in [0, 0.05) is 23.6 Å². The van der Waals surface area contributed by atoms with Crippen LogP contribution in [0.2, 0.25) is 0 Å². The van der Waals surface area contributed by atoms with Gasteiger partial charge in [-0.05, 0) is 67.1 Å². The Morgan fingerprint density at radius 1 is 1.06 bits per heavy atom. The average Bonchev–Trinajstić information content (AvgIpc) is 3.22. The van der Waals surface area contributed by atoms with Crippen molar-refractivity contribution in [2.45, 2.75) is 13.5 Å². The molecule has 1 N–H and O–H groups in total. The second-order valence-electron chi connectivity index (χ2n) is 6.94. The molecule has 0 aliphatic rings. The first-order valence-corrected chi connectivity index (χ1v) is 9.76. The minimum absolute atomic E-state index is 0.205. The highest BCUT2D eigenvalue weighted by atomic mass is 16.5. The fourth-order valence-electron chi connectivity index (χ4n) is 3.10. The normalized spacial score (nSPS) is 10.5. The topological polar surface area (TPSA) is 64.9 Å². The number of pyridine rings is 1. The minimum atomic E-state index is -0.209. The van der Waals surface area contributed by atoms with E-state index >= 15 is 0 Å². The Morgan fingerprint density at radius 3 is 2.48 bits per heavy atom. The Labute approximate surface area is 180 Å². The van der Waals surface area contributed by atoms with Gasteiger partial charge in [-0.3, -0.25) is 4.79 Å². The fourth-order valence-corrected chi connectivity index (χ4v) is 3.10. The summed E-state index contributed by atoms with van der Waals surface area (Å²) in [5, 5.41) is 2.85. The van der Waals surface area contributed by atoms with E-state index in [9.17, 15) is 4.79 Å². The minimum Gasteiger partial charge on any atom is -0.487 e. The number of anilines is 1. The molecule has 0 unspecified atom stereocenters. The molecule has 4 aromatic rings. The second-order valence-corrected chi connectivity index (χ2v) is 6.94. The second kappa shape index (κ2) is 9.06. The Hall–Kier alpha value is -4.24. The van der Waals surface area contributed by atoms with Crippen LogP contribution in [0.25, 0.3) is 5.65 Å². The van der Waals surface area contributed by atoms with E-state index in [0.717, 1.165) is 16.9 Å². The molecular formula is C25H21N3O3. The predicted octanol–water partition coefficient (Wildman–Crippen LogP) is 4.49. The van der Waals surface area contributed by atoms with E-state index in [1.807, 2.05) is 35.9 Å². The maximum absolute atomic E-state index is 12.5. The molecule has 2 heterocycles. The summed E-state index contributed by atoms with van der Waals surface area (Å²) in [6, 6.07) is 18.0. The van der Waals surface area contributed by atoms with Crippen molar-refractivity contribution in [3.63, 3.8) is 0 Å². The zero-order chi connectivity index (χ0) is 21.6. The number of fused-ring (bicyclic) bond motifs is 1. The van der Waals surface area contributed by atoms with E-state index in [1.54, 1.807) is 48.5 Å². The van der Waals surface area contributed by atoms with Gasteiger partial charge in [0.2, 0.25) is 0 Å². The zero-order valence-electron chi connectivity index (χ0n) is 17.0. The number of hydrogen-bond donors (Lipinski definition) is 1. The van der Waals surface area contributed by atoms with Crippen LogP contribution in [0.3, 0.4) is 0 Å². The summed E-state index contributed by atoms with van der Waals surface area (Å²) in [7, 11) is 0. The standard InChI is InChI=1S/C25H21N3O3/c1-3-15-30-22-12-8-20(9-13-22)27-25(29)19-6-10-23(11-7-19)31-17-21-16-28-14-4-5-18(2)24(28)26-21/h1,4-14,16H,15,17H2,2H3,(H,27,29). The van der Waals surface area contributed by atoms with Crippen molar-refractivity contribution < 1.29 is 14.3 Å². The number of amides is 1. The molecule has 0 saturated heterocycles. The molecule has 1 amide bonds. The van der Waals surface area contributed by atoms with Gasteiger partial charge in [0.15, 0.2) is 0 Å². The maximum atomic E-state index is 12.5. The van der Waals surface area contributed by atoms with Gasteiger partial charge in [0.05, 0.1) is 5.69 Å². The molecule has 6 nitrogen and oxygen atoms in total. The number of nitrogens with one attached hydrogen (secondary N) is 1. The number of hydrogen-bond acceptors (Lipinski definition) is 4. The van der Waals surface area contributed by atoms with Gasteiger partial charge in [0.25, 0.3) is 5.91 Å². The van der Waals surface area contributed by atoms with E-state index in [4.69, 9.17) is 15.9 Å². The van der Waals surface area contributed by atoms with Crippen LogP contribution in [0, 0.1) is 19.3 Å². The van der Waals surface area contributed by atoms with Gasteiger partial charge in [-0.15, -0.1) is 6.42 Å². The highest BCUT2D eigenvalue weighted by Crippen LogP contribution is 2.19. The summed E-state index contributed by atoms with van der Waals surface area (Å²) in [5.41, 5.74) is 4.07. The van der Waals surface area contributed by atoms with Crippen molar-refractivity contribution >= 4 is 17.2 Å². The molecule has 0 aliphatic carbocycles. The van der Waals surface area contributed by atoms with Crippen LogP contribution in [-0.4, -0.2) is 21.9 Å². The smallest absolute Gasteiger partial charge is 0.255 e. The number of ether oxygens (including phenoxy) is 2. The number of aryl methyl sites for hydroxylation is 1. The number of carbonyl (C=O) groups is 1. The molecule has 31 heavy (non-hydrogen) atoms. The summed E-state index contributed by atoms with van der Waals surface area (Å²) >= 11 is 0. The van der Waals surface area contributed by atoms with Crippen LogP contribution in [0.15, 0.2) is 73.1 Å². The lowest BCUT2D eigenvalue weighted by molar-refractivity contribution is 0.102. The molecule has 154 valence electrons. The van der Waals surface area contributed by atoms with Crippen molar-refractivity contribution in [1.82, 2.24) is 9.38 Å². The van der Waals surface area contributed by atoms with Gasteiger partial charge in [0.1, 0.15) is 30.4 Å². The zero-order valence-corrected chi connectivity index (χ0v) is 17.0. The molecule has 0 fully saturated rings. The third kappa shape index (κ3) is 4.85. The monoisotopic (exact) mass is 411 g/mol. The lowest BCUT2D eigenvalue weighted by atomic mass is 10.2. The van der Waals surface area contributed by atoms with Gasteiger partial charge in [-0.1, -0.05) is 12.0 Å². The van der Waals surface area contributed by atoms with E-state index < -0.39 is 0 Å². The summed E-state index contributed by atoms with van der Waals surface area (Å²) in [5.74, 6) is 3.52. The third-order valence-electron chi connectivity index (χ3n) is 4.67. The molecule has 4 rings (SSSR count). The lowest BCUT2D eigenvalue weighted by Crippen LogP contribution is -2.11. The molecule has 0 saturated carbocycles. The first kappa shape index (κ1) is 20.0. The van der Waals surface area contributed by atoms with E-state index in [0.29, 0.717) is 29.4 Å². The van der Waals surface area contributed by atoms with Crippen LogP contribution in [-0.2, 0) is 6.61 Å². The highest BCUT2D eigenvalue weighted by Gasteiger charge is 2.08. The summed E-state index contributed by atoms with van der Waals surface area (Å²) in [4.78, 5) is 17.1. The number of nitrogens with zero attached hydrogens (tertiary/aromatic N) is 2. The molecule has 2 aromatic carbocycles. The van der Waals surface area contributed by atoms with Crippen molar-refractivity contribution in [3.8, 4) is 23.8 Å². The highest BCUT2D eigenvalue weighted by molar-refractivity contribution is 6.04. The molecule has 0 spiro atoms. The lowest BCUT2D eigenvalue weighted by Gasteiger charge is -2.08. The third-order valence-corrected chi connectivity index (χ3v) is 4.67. The SMILES string of the molecule is C#CCOc1ccc(NC(=O)c2ccc(OCc3cn4cccc(C)c4n3)cc2)cc1. The summed E-state index contributed by atoms with van der Waals surface area (Å²) < 4.78 is 13.1. The number of benzene rings is 2. The average molecular weight is 411 g/mol. The van der Waals surface area contributed by atoms with Crippen LogP contribution < -0.4 is 14.8 Å². The van der Waals surface area contributed by atoms with Gasteiger partial charge < -0.3 is 19.2 Å². The summed E-state index contributed by atoms with van der Waals surface area (Å²) in [6.07, 6.45) is 9.09. The number of rotatable bonds is 7. The van der Waals surface area contributed by atoms with E-state index in [1.165, 1.54) is 0 Å². The molecule has 0 aliphatic heterocycles. The first-order chi connectivity index (χ1) is 15.1. The Kier molecular flexibility index (Phi) is 5.86. The molecular weight excluding hydrogens is 390 g/mol. The van der Waals surface area contributed by atoms with Crippen molar-refractivity contribution in [2.24, 2.45) is 0 Å². The largest absolute Gasteiger partial charge is 0.487 e.